The molecule has 0 N–H and O–H groups in total. The van der Waals surface area contributed by atoms with Gasteiger partial charge in [-0.05, 0) is 30.2 Å². The van der Waals surface area contributed by atoms with Crippen LogP contribution in [0.2, 0.25) is 0 Å². The van der Waals surface area contributed by atoms with E-state index < -0.39 is 12.8 Å². The van der Waals surface area contributed by atoms with E-state index in [4.69, 9.17) is 4.74 Å². The van der Waals surface area contributed by atoms with E-state index in [-0.39, 0.29) is 11.3 Å². The first-order chi connectivity index (χ1) is 14.1. The lowest BCUT2D eigenvalue weighted by molar-refractivity contribution is -0.154. The number of pyridine rings is 1. The van der Waals surface area contributed by atoms with E-state index in [0.29, 0.717) is 5.82 Å². The fourth-order valence-electron chi connectivity index (χ4n) is 3.62. The monoisotopic (exact) mass is 414 g/mol. The Morgan fingerprint density at radius 3 is 2.37 bits per heavy atom. The molecule has 1 aliphatic heterocycles. The van der Waals surface area contributed by atoms with Crippen LogP contribution in [0.3, 0.4) is 0 Å². The van der Waals surface area contributed by atoms with Crippen LogP contribution in [0.15, 0.2) is 48.9 Å². The van der Waals surface area contributed by atoms with Crippen LogP contribution in [0.5, 0.6) is 5.88 Å². The number of hydrogen-bond acceptors (Lipinski definition) is 5. The summed E-state index contributed by atoms with van der Waals surface area (Å²) >= 11 is 0. The van der Waals surface area contributed by atoms with E-state index in [1.807, 2.05) is 6.92 Å². The second kappa shape index (κ2) is 7.27. The lowest BCUT2D eigenvalue weighted by atomic mass is 9.86. The first-order valence-electron chi connectivity index (χ1n) is 9.49. The Labute approximate surface area is 172 Å². The van der Waals surface area contributed by atoms with Crippen molar-refractivity contribution >= 4 is 11.4 Å². The Bertz CT molecular complexity index is 1050. The van der Waals surface area contributed by atoms with Crippen molar-refractivity contribution < 1.29 is 17.9 Å². The molecule has 0 saturated carbocycles. The van der Waals surface area contributed by atoms with Crippen molar-refractivity contribution in [2.24, 2.45) is 0 Å². The molecular formula is C22H21F3N4O. The highest BCUT2D eigenvalue weighted by atomic mass is 19.4. The number of anilines is 2. The Hall–Kier alpha value is -3.16. The molecule has 0 spiro atoms. The van der Waals surface area contributed by atoms with Gasteiger partial charge in [-0.2, -0.15) is 13.2 Å². The minimum absolute atomic E-state index is 0.0553. The summed E-state index contributed by atoms with van der Waals surface area (Å²) in [5, 5.41) is 0. The maximum absolute atomic E-state index is 12.3. The zero-order valence-electron chi connectivity index (χ0n) is 16.9. The third-order valence-electron chi connectivity index (χ3n) is 5.10. The van der Waals surface area contributed by atoms with Crippen LogP contribution in [0.1, 0.15) is 25.2 Å². The predicted molar refractivity (Wildman–Crippen MR) is 108 cm³/mol. The molecule has 156 valence electrons. The van der Waals surface area contributed by atoms with Gasteiger partial charge in [-0.1, -0.05) is 26.0 Å². The normalized spacial score (nSPS) is 15.2. The van der Waals surface area contributed by atoms with Gasteiger partial charge in [0.15, 0.2) is 6.61 Å². The summed E-state index contributed by atoms with van der Waals surface area (Å²) in [5.74, 6) is 0.655. The highest BCUT2D eigenvalue weighted by molar-refractivity contribution is 5.78. The van der Waals surface area contributed by atoms with Gasteiger partial charge in [0.1, 0.15) is 5.82 Å². The molecule has 0 bridgehead atoms. The molecule has 0 amide bonds. The van der Waals surface area contributed by atoms with E-state index >= 15 is 0 Å². The molecule has 8 heteroatoms. The molecule has 0 atom stereocenters. The average molecular weight is 414 g/mol. The van der Waals surface area contributed by atoms with Crippen LogP contribution in [0.25, 0.3) is 11.1 Å². The van der Waals surface area contributed by atoms with Gasteiger partial charge in [-0.15, -0.1) is 0 Å². The smallest absolute Gasteiger partial charge is 0.422 e. The van der Waals surface area contributed by atoms with Crippen molar-refractivity contribution in [1.29, 1.82) is 0 Å². The third kappa shape index (κ3) is 4.08. The Kier molecular flexibility index (Phi) is 4.88. The van der Waals surface area contributed by atoms with Gasteiger partial charge in [0.2, 0.25) is 5.88 Å². The van der Waals surface area contributed by atoms with Gasteiger partial charge in [-0.25, -0.2) is 15.0 Å². The first-order valence-corrected chi connectivity index (χ1v) is 9.49. The Morgan fingerprint density at radius 1 is 1.00 bits per heavy atom. The molecule has 0 radical (unpaired) electrons. The molecule has 1 aromatic carbocycles. The zero-order valence-corrected chi connectivity index (χ0v) is 16.9. The van der Waals surface area contributed by atoms with Crippen LogP contribution in [0.4, 0.5) is 24.5 Å². The lowest BCUT2D eigenvalue weighted by Gasteiger charge is -2.22. The summed E-state index contributed by atoms with van der Waals surface area (Å²) < 4.78 is 41.8. The number of rotatable bonds is 4. The summed E-state index contributed by atoms with van der Waals surface area (Å²) in [6, 6.07) is 9.45. The van der Waals surface area contributed by atoms with E-state index in [1.165, 1.54) is 11.6 Å². The zero-order chi connectivity index (χ0) is 21.5. The topological polar surface area (TPSA) is 51.1 Å². The predicted octanol–water partition coefficient (Wildman–Crippen LogP) is 5.22. The van der Waals surface area contributed by atoms with Gasteiger partial charge in [-0.3, -0.25) is 0 Å². The average Bonchev–Trinajstić information content (AvgIpc) is 2.97. The highest BCUT2D eigenvalue weighted by Gasteiger charge is 2.36. The number of halogens is 3. The second-order valence-electron chi connectivity index (χ2n) is 7.98. The summed E-state index contributed by atoms with van der Waals surface area (Å²) in [6.07, 6.45) is 0.735. The Balaban J connectivity index is 1.65. The van der Waals surface area contributed by atoms with Crippen LogP contribution < -0.4 is 9.64 Å². The number of alkyl halides is 3. The molecular weight excluding hydrogens is 393 g/mol. The molecule has 30 heavy (non-hydrogen) atoms. The van der Waals surface area contributed by atoms with Crippen LogP contribution >= 0.6 is 0 Å². The maximum atomic E-state index is 12.3. The minimum Gasteiger partial charge on any atom is -0.468 e. The highest BCUT2D eigenvalue weighted by Crippen LogP contribution is 2.45. The van der Waals surface area contributed by atoms with Gasteiger partial charge in [0, 0.05) is 41.7 Å². The molecule has 0 saturated heterocycles. The molecule has 0 fully saturated rings. The van der Waals surface area contributed by atoms with Gasteiger partial charge >= 0.3 is 6.18 Å². The van der Waals surface area contributed by atoms with Crippen molar-refractivity contribution in [1.82, 2.24) is 15.0 Å². The number of nitrogens with zero attached hydrogens (tertiary/aromatic N) is 4. The van der Waals surface area contributed by atoms with Crippen molar-refractivity contribution in [2.75, 3.05) is 18.1 Å². The SMILES string of the molecule is Cc1ncc(-c2ccc3c(c2)N(c2ccc(OCC(F)(F)F)nc2)CC3(C)C)cn1. The van der Waals surface area contributed by atoms with E-state index in [0.717, 1.165) is 29.0 Å². The van der Waals surface area contributed by atoms with E-state index in [2.05, 4.69) is 51.9 Å². The quantitative estimate of drug-likeness (QED) is 0.586. The van der Waals surface area contributed by atoms with Gasteiger partial charge in [0.25, 0.3) is 0 Å². The Morgan fingerprint density at radius 2 is 1.73 bits per heavy atom. The molecule has 1 aliphatic rings. The fourth-order valence-corrected chi connectivity index (χ4v) is 3.62. The molecule has 5 nitrogen and oxygen atoms in total. The van der Waals surface area contributed by atoms with Crippen LogP contribution in [-0.2, 0) is 5.41 Å². The van der Waals surface area contributed by atoms with Crippen LogP contribution in [0, 0.1) is 6.92 Å². The van der Waals surface area contributed by atoms with Gasteiger partial charge in [0.05, 0.1) is 11.9 Å². The number of ether oxygens (including phenoxy) is 1. The molecule has 0 unspecified atom stereocenters. The molecule has 3 aromatic rings. The number of aromatic nitrogens is 3. The standard InChI is InChI=1S/C22H21F3N4O/c1-14-26-9-16(10-27-14)15-4-6-18-19(8-15)29(12-21(18,2)3)17-5-7-20(28-11-17)30-13-22(23,24)25/h4-11H,12-13H2,1-3H3. The van der Waals surface area contributed by atoms with Crippen molar-refractivity contribution in [3.63, 3.8) is 0 Å². The largest absolute Gasteiger partial charge is 0.468 e. The third-order valence-corrected chi connectivity index (χ3v) is 5.10. The molecule has 2 aromatic heterocycles. The van der Waals surface area contributed by atoms with Crippen molar-refractivity contribution in [2.45, 2.75) is 32.4 Å². The number of hydrogen-bond donors (Lipinski definition) is 0. The summed E-state index contributed by atoms with van der Waals surface area (Å²) in [4.78, 5) is 14.7. The van der Waals surface area contributed by atoms with E-state index in [9.17, 15) is 13.2 Å². The molecule has 0 aliphatic carbocycles. The molecule has 4 rings (SSSR count). The summed E-state index contributed by atoms with van der Waals surface area (Å²) in [7, 11) is 0. The summed E-state index contributed by atoms with van der Waals surface area (Å²) in [6.45, 7) is 5.52. The van der Waals surface area contributed by atoms with Crippen molar-refractivity contribution in [3.8, 4) is 17.0 Å². The number of aryl methyl sites for hydroxylation is 1. The number of fused-ring (bicyclic) bond motifs is 1. The summed E-state index contributed by atoms with van der Waals surface area (Å²) in [5.41, 5.74) is 4.83. The second-order valence-corrected chi connectivity index (χ2v) is 7.98. The molecule has 3 heterocycles. The number of benzene rings is 1. The van der Waals surface area contributed by atoms with Gasteiger partial charge < -0.3 is 9.64 Å². The minimum atomic E-state index is -4.39. The lowest BCUT2D eigenvalue weighted by Crippen LogP contribution is -2.25. The van der Waals surface area contributed by atoms with Crippen molar-refractivity contribution in [3.05, 3.63) is 60.3 Å². The maximum Gasteiger partial charge on any atom is 0.422 e. The van der Waals surface area contributed by atoms with E-state index in [1.54, 1.807) is 24.7 Å². The van der Waals surface area contributed by atoms with Crippen LogP contribution in [-0.4, -0.2) is 34.3 Å². The fraction of sp³-hybridized carbons (Fsp3) is 0.318. The first kappa shape index (κ1) is 20.1.